The SMILES string of the molecule is C=CCOc1ccc(/C=N\NC(=O)CN(c2ccccc2C)S(=O)(=O)c2ccccc2)cc1. The van der Waals surface area contributed by atoms with Crippen LogP contribution >= 0.6 is 0 Å². The zero-order valence-corrected chi connectivity index (χ0v) is 19.0. The molecule has 0 fully saturated rings. The first-order valence-corrected chi connectivity index (χ1v) is 11.6. The van der Waals surface area contributed by atoms with E-state index < -0.39 is 22.5 Å². The van der Waals surface area contributed by atoms with Crippen LogP contribution in [0.5, 0.6) is 5.75 Å². The Bertz CT molecular complexity index is 1220. The van der Waals surface area contributed by atoms with Crippen molar-refractivity contribution in [2.45, 2.75) is 11.8 Å². The van der Waals surface area contributed by atoms with Crippen LogP contribution in [0.2, 0.25) is 0 Å². The number of hydrogen-bond acceptors (Lipinski definition) is 5. The van der Waals surface area contributed by atoms with E-state index in [4.69, 9.17) is 4.74 Å². The summed E-state index contributed by atoms with van der Waals surface area (Å²) in [5.41, 5.74) is 4.30. The molecule has 3 aromatic carbocycles. The van der Waals surface area contributed by atoms with Gasteiger partial charge in [0.1, 0.15) is 18.9 Å². The van der Waals surface area contributed by atoms with Gasteiger partial charge in [0.15, 0.2) is 0 Å². The van der Waals surface area contributed by atoms with Gasteiger partial charge in [0.25, 0.3) is 15.9 Å². The first kappa shape index (κ1) is 23.7. The fraction of sp³-hybridized carbons (Fsp3) is 0.120. The van der Waals surface area contributed by atoms with E-state index in [2.05, 4.69) is 17.1 Å². The van der Waals surface area contributed by atoms with Crippen LogP contribution in [0.3, 0.4) is 0 Å². The molecule has 0 bridgehead atoms. The Hall–Kier alpha value is -3.91. The van der Waals surface area contributed by atoms with Crippen LogP contribution in [0, 0.1) is 6.92 Å². The molecule has 0 aliphatic carbocycles. The highest BCUT2D eigenvalue weighted by atomic mass is 32.2. The molecule has 7 nitrogen and oxygen atoms in total. The molecule has 3 aromatic rings. The van der Waals surface area contributed by atoms with Gasteiger partial charge in [-0.05, 0) is 60.5 Å². The molecule has 1 N–H and O–H groups in total. The van der Waals surface area contributed by atoms with Gasteiger partial charge >= 0.3 is 0 Å². The van der Waals surface area contributed by atoms with Gasteiger partial charge in [-0.1, -0.05) is 49.1 Å². The van der Waals surface area contributed by atoms with Gasteiger partial charge in [-0.3, -0.25) is 9.10 Å². The van der Waals surface area contributed by atoms with E-state index in [1.807, 2.05) is 6.07 Å². The Kier molecular flexibility index (Phi) is 7.99. The van der Waals surface area contributed by atoms with Crippen LogP contribution in [0.1, 0.15) is 11.1 Å². The molecule has 0 atom stereocenters. The lowest BCUT2D eigenvalue weighted by atomic mass is 10.2. The minimum Gasteiger partial charge on any atom is -0.490 e. The highest BCUT2D eigenvalue weighted by Crippen LogP contribution is 2.26. The van der Waals surface area contributed by atoms with Crippen molar-refractivity contribution >= 4 is 27.8 Å². The summed E-state index contributed by atoms with van der Waals surface area (Å²) in [6.07, 6.45) is 3.13. The molecule has 33 heavy (non-hydrogen) atoms. The smallest absolute Gasteiger partial charge is 0.264 e. The van der Waals surface area contributed by atoms with Crippen molar-refractivity contribution in [1.29, 1.82) is 0 Å². The van der Waals surface area contributed by atoms with Crippen LogP contribution < -0.4 is 14.5 Å². The van der Waals surface area contributed by atoms with E-state index >= 15 is 0 Å². The van der Waals surface area contributed by atoms with E-state index in [9.17, 15) is 13.2 Å². The lowest BCUT2D eigenvalue weighted by Gasteiger charge is -2.25. The Morgan fingerprint density at radius 2 is 1.70 bits per heavy atom. The van der Waals surface area contributed by atoms with Crippen molar-refractivity contribution < 1.29 is 17.9 Å². The number of amides is 1. The molecular weight excluding hydrogens is 438 g/mol. The molecule has 3 rings (SSSR count). The molecule has 8 heteroatoms. The Morgan fingerprint density at radius 3 is 2.36 bits per heavy atom. The number of aryl methyl sites for hydroxylation is 1. The Balaban J connectivity index is 1.75. The van der Waals surface area contributed by atoms with Crippen molar-refractivity contribution in [3.63, 3.8) is 0 Å². The molecule has 1 amide bonds. The van der Waals surface area contributed by atoms with Gasteiger partial charge in [0.2, 0.25) is 0 Å². The average Bonchev–Trinajstić information content (AvgIpc) is 2.83. The number of anilines is 1. The lowest BCUT2D eigenvalue weighted by molar-refractivity contribution is -0.119. The number of rotatable bonds is 10. The molecule has 0 aromatic heterocycles. The quantitative estimate of drug-likeness (QED) is 0.281. The number of benzene rings is 3. The maximum atomic E-state index is 13.3. The predicted octanol–water partition coefficient (Wildman–Crippen LogP) is 3.91. The summed E-state index contributed by atoms with van der Waals surface area (Å²) in [6.45, 7) is 5.38. The average molecular weight is 464 g/mol. The Morgan fingerprint density at radius 1 is 1.03 bits per heavy atom. The van der Waals surface area contributed by atoms with Crippen molar-refractivity contribution in [2.75, 3.05) is 17.5 Å². The van der Waals surface area contributed by atoms with E-state index in [0.717, 1.165) is 15.4 Å². The molecule has 0 radical (unpaired) electrons. The summed E-state index contributed by atoms with van der Waals surface area (Å²) in [4.78, 5) is 12.7. The van der Waals surface area contributed by atoms with Gasteiger partial charge < -0.3 is 4.74 Å². The molecule has 0 aliphatic rings. The largest absolute Gasteiger partial charge is 0.490 e. The summed E-state index contributed by atoms with van der Waals surface area (Å²) in [5.74, 6) is 0.121. The Labute approximate surface area is 194 Å². The summed E-state index contributed by atoms with van der Waals surface area (Å²) in [5, 5.41) is 3.95. The number of hydrogen-bond donors (Lipinski definition) is 1. The van der Waals surface area contributed by atoms with Gasteiger partial charge in [0.05, 0.1) is 16.8 Å². The van der Waals surface area contributed by atoms with Gasteiger partial charge in [-0.25, -0.2) is 13.8 Å². The minimum absolute atomic E-state index is 0.100. The number of sulfonamides is 1. The van der Waals surface area contributed by atoms with Gasteiger partial charge in [-0.2, -0.15) is 5.10 Å². The molecule has 0 heterocycles. The van der Waals surface area contributed by atoms with Crippen LogP contribution in [-0.4, -0.2) is 33.7 Å². The fourth-order valence-electron chi connectivity index (χ4n) is 3.01. The van der Waals surface area contributed by atoms with Crippen molar-refractivity contribution in [3.8, 4) is 5.75 Å². The van der Waals surface area contributed by atoms with Gasteiger partial charge in [-0.15, -0.1) is 0 Å². The highest BCUT2D eigenvalue weighted by Gasteiger charge is 2.27. The number of nitrogens with zero attached hydrogens (tertiary/aromatic N) is 2. The van der Waals surface area contributed by atoms with E-state index in [1.165, 1.54) is 18.3 Å². The lowest BCUT2D eigenvalue weighted by Crippen LogP contribution is -2.40. The zero-order valence-electron chi connectivity index (χ0n) is 18.2. The maximum Gasteiger partial charge on any atom is 0.264 e. The second-order valence-electron chi connectivity index (χ2n) is 7.07. The third-order valence-corrected chi connectivity index (χ3v) is 6.43. The molecular formula is C25H25N3O4S. The van der Waals surface area contributed by atoms with Crippen molar-refractivity contribution in [3.05, 3.63) is 103 Å². The second-order valence-corrected chi connectivity index (χ2v) is 8.94. The number of para-hydroxylation sites is 1. The van der Waals surface area contributed by atoms with Crippen LogP contribution in [-0.2, 0) is 14.8 Å². The summed E-state index contributed by atoms with van der Waals surface area (Å²) in [6, 6.07) is 22.1. The zero-order chi connectivity index (χ0) is 23.7. The van der Waals surface area contributed by atoms with Gasteiger partial charge in [0, 0.05) is 0 Å². The molecule has 0 saturated carbocycles. The summed E-state index contributed by atoms with van der Waals surface area (Å²) in [7, 11) is -3.96. The van der Waals surface area contributed by atoms with E-state index in [-0.39, 0.29) is 4.90 Å². The first-order valence-electron chi connectivity index (χ1n) is 10.2. The number of nitrogens with one attached hydrogen (secondary N) is 1. The number of carbonyl (C=O) groups excluding carboxylic acids is 1. The molecule has 0 aliphatic heterocycles. The molecule has 170 valence electrons. The summed E-state index contributed by atoms with van der Waals surface area (Å²) >= 11 is 0. The summed E-state index contributed by atoms with van der Waals surface area (Å²) < 4.78 is 33.1. The predicted molar refractivity (Wildman–Crippen MR) is 130 cm³/mol. The fourth-order valence-corrected chi connectivity index (χ4v) is 4.52. The van der Waals surface area contributed by atoms with Crippen molar-refractivity contribution in [1.82, 2.24) is 5.43 Å². The number of ether oxygens (including phenoxy) is 1. The minimum atomic E-state index is -3.96. The van der Waals surface area contributed by atoms with E-state index in [1.54, 1.807) is 73.7 Å². The normalized spacial score (nSPS) is 11.2. The molecule has 0 saturated heterocycles. The van der Waals surface area contributed by atoms with Crippen LogP contribution in [0.15, 0.2) is 102 Å². The van der Waals surface area contributed by atoms with Crippen LogP contribution in [0.4, 0.5) is 5.69 Å². The first-order chi connectivity index (χ1) is 15.9. The topological polar surface area (TPSA) is 88.1 Å². The molecule has 0 spiro atoms. The monoisotopic (exact) mass is 463 g/mol. The third kappa shape index (κ3) is 6.30. The number of hydrazone groups is 1. The maximum absolute atomic E-state index is 13.3. The molecule has 0 unspecified atom stereocenters. The highest BCUT2D eigenvalue weighted by molar-refractivity contribution is 7.92. The number of carbonyl (C=O) groups is 1. The third-order valence-electron chi connectivity index (χ3n) is 4.65. The second kappa shape index (κ2) is 11.1. The standard InChI is InChI=1S/C25H25N3O4S/c1-3-17-32-22-15-13-21(14-16-22)18-26-27-25(29)19-28(24-12-8-7-9-20(24)2)33(30,31)23-10-5-4-6-11-23/h3-16,18H,1,17,19H2,2H3,(H,27,29)/b26-18-. The van der Waals surface area contributed by atoms with Crippen molar-refractivity contribution in [2.24, 2.45) is 5.10 Å². The van der Waals surface area contributed by atoms with E-state index in [0.29, 0.717) is 18.0 Å². The van der Waals surface area contributed by atoms with Crippen LogP contribution in [0.25, 0.3) is 0 Å².